The molecule has 5 heteroatoms. The average molecular weight is 322 g/mol. The average Bonchev–Trinajstić information content (AvgIpc) is 3.01. The lowest BCUT2D eigenvalue weighted by molar-refractivity contribution is 0.185. The Morgan fingerprint density at radius 2 is 1.96 bits per heavy atom. The molecule has 3 heterocycles. The van der Waals surface area contributed by atoms with E-state index in [1.807, 2.05) is 45.3 Å². The molecule has 2 atom stereocenters. The number of hydrogen-bond acceptors (Lipinski definition) is 5. The first-order valence-electron chi connectivity index (χ1n) is 8.21. The van der Waals surface area contributed by atoms with Crippen molar-refractivity contribution in [1.82, 2.24) is 9.97 Å². The van der Waals surface area contributed by atoms with E-state index in [1.165, 1.54) is 5.56 Å². The molecular weight excluding hydrogens is 300 g/mol. The highest BCUT2D eigenvalue weighted by atomic mass is 16.5. The number of ether oxygens (including phenoxy) is 1. The van der Waals surface area contributed by atoms with E-state index in [9.17, 15) is 5.26 Å². The predicted octanol–water partition coefficient (Wildman–Crippen LogP) is 2.94. The van der Waals surface area contributed by atoms with Crippen molar-refractivity contribution in [3.05, 3.63) is 52.5 Å². The third kappa shape index (κ3) is 3.24. The SMILES string of the molecule is Cc1nc(N[C@@H]2COC[C@H]2Cc2ccncc2)c(C#N)c(C)c1C. The van der Waals surface area contributed by atoms with E-state index >= 15 is 0 Å². The minimum atomic E-state index is 0.152. The van der Waals surface area contributed by atoms with E-state index in [0.717, 1.165) is 23.2 Å². The molecule has 0 spiro atoms. The van der Waals surface area contributed by atoms with Gasteiger partial charge in [0.1, 0.15) is 11.9 Å². The number of pyridine rings is 2. The van der Waals surface area contributed by atoms with Crippen molar-refractivity contribution in [3.63, 3.8) is 0 Å². The molecule has 24 heavy (non-hydrogen) atoms. The van der Waals surface area contributed by atoms with Crippen molar-refractivity contribution in [2.45, 2.75) is 33.2 Å². The summed E-state index contributed by atoms with van der Waals surface area (Å²) in [4.78, 5) is 8.67. The smallest absolute Gasteiger partial charge is 0.144 e. The number of nitrogens with zero attached hydrogens (tertiary/aromatic N) is 3. The Kier molecular flexibility index (Phi) is 4.77. The van der Waals surface area contributed by atoms with E-state index < -0.39 is 0 Å². The number of hydrogen-bond donors (Lipinski definition) is 1. The molecule has 1 saturated heterocycles. The van der Waals surface area contributed by atoms with Gasteiger partial charge in [0.05, 0.1) is 24.8 Å². The zero-order valence-corrected chi connectivity index (χ0v) is 14.3. The molecule has 1 N–H and O–H groups in total. The normalized spacial score (nSPS) is 19.9. The molecule has 2 aromatic heterocycles. The summed E-state index contributed by atoms with van der Waals surface area (Å²) >= 11 is 0. The van der Waals surface area contributed by atoms with Gasteiger partial charge in [-0.15, -0.1) is 0 Å². The first kappa shape index (κ1) is 16.4. The van der Waals surface area contributed by atoms with Crippen LogP contribution in [0.25, 0.3) is 0 Å². The summed E-state index contributed by atoms with van der Waals surface area (Å²) in [6.45, 7) is 7.31. The van der Waals surface area contributed by atoms with Crippen LogP contribution in [0.5, 0.6) is 0 Å². The zero-order valence-electron chi connectivity index (χ0n) is 14.3. The Morgan fingerprint density at radius 1 is 1.21 bits per heavy atom. The molecule has 3 rings (SSSR count). The van der Waals surface area contributed by atoms with Crippen LogP contribution in [0.4, 0.5) is 5.82 Å². The lowest BCUT2D eigenvalue weighted by Gasteiger charge is -2.21. The van der Waals surface area contributed by atoms with E-state index in [1.54, 1.807) is 0 Å². The summed E-state index contributed by atoms with van der Waals surface area (Å²) in [5, 5.41) is 13.0. The van der Waals surface area contributed by atoms with Crippen LogP contribution >= 0.6 is 0 Å². The van der Waals surface area contributed by atoms with Gasteiger partial charge in [-0.05, 0) is 56.0 Å². The highest BCUT2D eigenvalue weighted by Crippen LogP contribution is 2.26. The maximum absolute atomic E-state index is 9.52. The molecule has 0 bridgehead atoms. The van der Waals surface area contributed by atoms with E-state index in [2.05, 4.69) is 21.4 Å². The molecular formula is C19H22N4O. The number of nitriles is 1. The summed E-state index contributed by atoms with van der Waals surface area (Å²) in [6.07, 6.45) is 4.55. The molecule has 0 unspecified atom stereocenters. The van der Waals surface area contributed by atoms with Gasteiger partial charge in [-0.25, -0.2) is 4.98 Å². The van der Waals surface area contributed by atoms with Gasteiger partial charge in [0.25, 0.3) is 0 Å². The minimum absolute atomic E-state index is 0.152. The van der Waals surface area contributed by atoms with Gasteiger partial charge in [-0.2, -0.15) is 5.26 Å². The van der Waals surface area contributed by atoms with Crippen molar-refractivity contribution in [1.29, 1.82) is 5.26 Å². The second kappa shape index (κ2) is 6.98. The fourth-order valence-corrected chi connectivity index (χ4v) is 3.14. The molecule has 0 amide bonds. The molecule has 2 aromatic rings. The third-order valence-electron chi connectivity index (χ3n) is 4.88. The standard InChI is InChI=1S/C19H22N4O/c1-12-13(2)17(9-20)19(22-14(12)3)23-18-11-24-10-16(18)8-15-4-6-21-7-5-15/h4-7,16,18H,8,10-11H2,1-3H3,(H,22,23)/t16-,18-/m1/s1. The Labute approximate surface area is 142 Å². The van der Waals surface area contributed by atoms with Crippen LogP contribution in [-0.4, -0.2) is 29.2 Å². The molecule has 1 aliphatic heterocycles. The lowest BCUT2D eigenvalue weighted by atomic mass is 9.95. The van der Waals surface area contributed by atoms with Crippen LogP contribution < -0.4 is 5.32 Å². The largest absolute Gasteiger partial charge is 0.379 e. The maximum Gasteiger partial charge on any atom is 0.144 e. The number of anilines is 1. The van der Waals surface area contributed by atoms with Gasteiger partial charge in [0.2, 0.25) is 0 Å². The molecule has 1 fully saturated rings. The highest BCUT2D eigenvalue weighted by Gasteiger charge is 2.29. The Hall–Kier alpha value is -2.45. The van der Waals surface area contributed by atoms with Gasteiger partial charge in [-0.1, -0.05) is 0 Å². The first-order valence-corrected chi connectivity index (χ1v) is 8.21. The number of rotatable bonds is 4. The summed E-state index contributed by atoms with van der Waals surface area (Å²) in [5.74, 6) is 1.02. The fourth-order valence-electron chi connectivity index (χ4n) is 3.14. The van der Waals surface area contributed by atoms with Crippen LogP contribution in [0.2, 0.25) is 0 Å². The van der Waals surface area contributed by atoms with Gasteiger partial charge >= 0.3 is 0 Å². The van der Waals surface area contributed by atoms with E-state index in [0.29, 0.717) is 30.5 Å². The number of aryl methyl sites for hydroxylation is 1. The molecule has 5 nitrogen and oxygen atoms in total. The zero-order chi connectivity index (χ0) is 17.1. The van der Waals surface area contributed by atoms with Gasteiger partial charge in [-0.3, -0.25) is 4.98 Å². The first-order chi connectivity index (χ1) is 11.6. The third-order valence-corrected chi connectivity index (χ3v) is 4.88. The molecule has 0 saturated carbocycles. The Bertz CT molecular complexity index is 767. The monoisotopic (exact) mass is 322 g/mol. The summed E-state index contributed by atoms with van der Waals surface area (Å²) < 4.78 is 5.68. The van der Waals surface area contributed by atoms with E-state index in [4.69, 9.17) is 4.74 Å². The van der Waals surface area contributed by atoms with Gasteiger partial charge < -0.3 is 10.1 Å². The molecule has 124 valence electrons. The van der Waals surface area contributed by atoms with Gasteiger partial charge in [0.15, 0.2) is 0 Å². The molecule has 1 aliphatic rings. The maximum atomic E-state index is 9.52. The van der Waals surface area contributed by atoms with Crippen molar-refractivity contribution >= 4 is 5.82 Å². The fraction of sp³-hybridized carbons (Fsp3) is 0.421. The van der Waals surface area contributed by atoms with Crippen molar-refractivity contribution in [3.8, 4) is 6.07 Å². The van der Waals surface area contributed by atoms with Crippen LogP contribution in [0.1, 0.15) is 27.9 Å². The molecule has 0 aromatic carbocycles. The lowest BCUT2D eigenvalue weighted by Crippen LogP contribution is -2.30. The van der Waals surface area contributed by atoms with Crippen LogP contribution in [0.15, 0.2) is 24.5 Å². The van der Waals surface area contributed by atoms with Gasteiger partial charge in [0, 0.05) is 24.0 Å². The van der Waals surface area contributed by atoms with Crippen molar-refractivity contribution in [2.75, 3.05) is 18.5 Å². The second-order valence-electron chi connectivity index (χ2n) is 6.39. The minimum Gasteiger partial charge on any atom is -0.379 e. The second-order valence-corrected chi connectivity index (χ2v) is 6.39. The number of aromatic nitrogens is 2. The predicted molar refractivity (Wildman–Crippen MR) is 92.8 cm³/mol. The number of nitrogens with one attached hydrogen (secondary N) is 1. The summed E-state index contributed by atoms with van der Waals surface area (Å²) in [5.41, 5.74) is 4.91. The van der Waals surface area contributed by atoms with Crippen LogP contribution in [-0.2, 0) is 11.2 Å². The topological polar surface area (TPSA) is 70.8 Å². The quantitative estimate of drug-likeness (QED) is 0.937. The molecule has 0 aliphatic carbocycles. The van der Waals surface area contributed by atoms with Crippen molar-refractivity contribution in [2.24, 2.45) is 5.92 Å². The Balaban J connectivity index is 1.81. The summed E-state index contributed by atoms with van der Waals surface area (Å²) in [7, 11) is 0. The van der Waals surface area contributed by atoms with Crippen LogP contribution in [0.3, 0.4) is 0 Å². The van der Waals surface area contributed by atoms with Crippen LogP contribution in [0, 0.1) is 38.0 Å². The Morgan fingerprint density at radius 3 is 2.67 bits per heavy atom. The molecule has 0 radical (unpaired) electrons. The summed E-state index contributed by atoms with van der Waals surface area (Å²) in [6, 6.07) is 6.52. The highest BCUT2D eigenvalue weighted by molar-refractivity contribution is 5.59. The van der Waals surface area contributed by atoms with E-state index in [-0.39, 0.29) is 6.04 Å². The van der Waals surface area contributed by atoms with Crippen molar-refractivity contribution < 1.29 is 4.74 Å².